The molecule has 6 rings (SSSR count). The summed E-state index contributed by atoms with van der Waals surface area (Å²) >= 11 is 0. The van der Waals surface area contributed by atoms with E-state index in [0.29, 0.717) is 42.0 Å². The second-order valence-electron chi connectivity index (χ2n) is 10.8. The van der Waals surface area contributed by atoms with Gasteiger partial charge in [-0.05, 0) is 68.8 Å². The van der Waals surface area contributed by atoms with Gasteiger partial charge in [0.15, 0.2) is 0 Å². The van der Waals surface area contributed by atoms with Crippen molar-refractivity contribution in [2.45, 2.75) is 37.8 Å². The van der Waals surface area contributed by atoms with Gasteiger partial charge < -0.3 is 9.47 Å². The Morgan fingerprint density at radius 1 is 1.02 bits per heavy atom. The van der Waals surface area contributed by atoms with Gasteiger partial charge in [0, 0.05) is 60.0 Å². The van der Waals surface area contributed by atoms with Crippen molar-refractivity contribution in [2.24, 2.45) is 7.05 Å². The Bertz CT molecular complexity index is 1950. The van der Waals surface area contributed by atoms with E-state index in [1.807, 2.05) is 42.8 Å². The molecule has 0 saturated heterocycles. The number of benzene rings is 3. The highest BCUT2D eigenvalue weighted by atomic mass is 32.2. The molecule has 1 unspecified atom stereocenters. The lowest BCUT2D eigenvalue weighted by atomic mass is 9.95. The summed E-state index contributed by atoms with van der Waals surface area (Å²) in [7, 11) is -2.13. The van der Waals surface area contributed by atoms with Gasteiger partial charge in [-0.2, -0.15) is 13.5 Å². The van der Waals surface area contributed by atoms with Crippen molar-refractivity contribution in [1.82, 2.24) is 19.2 Å². The number of hydrogen-bond acceptors (Lipinski definition) is 5. The fourth-order valence-corrected chi connectivity index (χ4v) is 6.69. The van der Waals surface area contributed by atoms with E-state index in [-0.39, 0.29) is 23.5 Å². The number of carbonyl (C=O) groups is 1. The van der Waals surface area contributed by atoms with Crippen LogP contribution in [0.25, 0.3) is 22.2 Å². The van der Waals surface area contributed by atoms with Crippen molar-refractivity contribution in [1.29, 1.82) is 0 Å². The molecule has 1 aliphatic heterocycles. The van der Waals surface area contributed by atoms with Crippen LogP contribution in [0.5, 0.6) is 0 Å². The summed E-state index contributed by atoms with van der Waals surface area (Å²) in [6.45, 7) is 4.48. The molecule has 1 aliphatic rings. The second kappa shape index (κ2) is 11.1. The van der Waals surface area contributed by atoms with E-state index in [2.05, 4.69) is 5.10 Å². The predicted octanol–water partition coefficient (Wildman–Crippen LogP) is 5.79. The third-order valence-corrected chi connectivity index (χ3v) is 9.26. The van der Waals surface area contributed by atoms with Gasteiger partial charge in [-0.1, -0.05) is 17.7 Å². The molecule has 222 valence electrons. The van der Waals surface area contributed by atoms with Gasteiger partial charge >= 0.3 is 0 Å². The van der Waals surface area contributed by atoms with Crippen LogP contribution < -0.4 is 0 Å². The van der Waals surface area contributed by atoms with Crippen LogP contribution in [0.3, 0.4) is 0 Å². The maximum Gasteiger partial charge on any atom is 0.297 e. The lowest BCUT2D eigenvalue weighted by Gasteiger charge is -2.33. The third kappa shape index (κ3) is 5.46. The van der Waals surface area contributed by atoms with E-state index in [4.69, 9.17) is 4.18 Å². The topological polar surface area (TPSA) is 86.4 Å². The zero-order valence-electron chi connectivity index (χ0n) is 23.9. The van der Waals surface area contributed by atoms with Crippen molar-refractivity contribution >= 4 is 26.9 Å². The molecule has 0 N–H and O–H groups in total. The summed E-state index contributed by atoms with van der Waals surface area (Å²) < 4.78 is 61.7. The standard InChI is InChI=1S/C32H30F2N4O4S/c1-20-4-7-27(8-5-20)43(40,41)42-15-14-37-12-10-22-16-23(6-9-29(22)37)32(39)38-13-11-28-30(21(38)2)35-36(3)31(28)24-17-25(33)19-26(34)18-24/h4-10,12,16-19,21H,11,13-15H2,1-3H3. The van der Waals surface area contributed by atoms with E-state index in [1.54, 1.807) is 34.8 Å². The summed E-state index contributed by atoms with van der Waals surface area (Å²) in [5.41, 5.74) is 4.96. The average Bonchev–Trinajstić information content (AvgIpc) is 3.52. The maximum absolute atomic E-state index is 14.0. The summed E-state index contributed by atoms with van der Waals surface area (Å²) in [6, 6.07) is 16.9. The zero-order chi connectivity index (χ0) is 30.5. The molecule has 3 heterocycles. The zero-order valence-corrected chi connectivity index (χ0v) is 24.7. The largest absolute Gasteiger partial charge is 0.345 e. The van der Waals surface area contributed by atoms with Gasteiger partial charge in [0.25, 0.3) is 16.0 Å². The Morgan fingerprint density at radius 3 is 2.47 bits per heavy atom. The van der Waals surface area contributed by atoms with Crippen molar-refractivity contribution in [3.63, 3.8) is 0 Å². The lowest BCUT2D eigenvalue weighted by molar-refractivity contribution is 0.0674. The van der Waals surface area contributed by atoms with Crippen molar-refractivity contribution in [3.8, 4) is 11.3 Å². The summed E-state index contributed by atoms with van der Waals surface area (Å²) in [6.07, 6.45) is 2.33. The van der Waals surface area contributed by atoms with Gasteiger partial charge in [0.2, 0.25) is 0 Å². The lowest BCUT2D eigenvalue weighted by Crippen LogP contribution is -2.38. The molecular weight excluding hydrogens is 574 g/mol. The number of aromatic nitrogens is 3. The maximum atomic E-state index is 14.0. The van der Waals surface area contributed by atoms with Gasteiger partial charge in [-0.25, -0.2) is 8.78 Å². The molecule has 0 fully saturated rings. The van der Waals surface area contributed by atoms with Crippen LogP contribution in [-0.2, 0) is 34.3 Å². The minimum Gasteiger partial charge on any atom is -0.345 e. The molecule has 5 aromatic rings. The number of aryl methyl sites for hydroxylation is 2. The first-order valence-corrected chi connectivity index (χ1v) is 15.3. The predicted molar refractivity (Wildman–Crippen MR) is 158 cm³/mol. The van der Waals surface area contributed by atoms with Gasteiger partial charge in [-0.3, -0.25) is 13.7 Å². The average molecular weight is 605 g/mol. The molecule has 1 atom stereocenters. The Balaban J connectivity index is 1.17. The van der Waals surface area contributed by atoms with E-state index in [1.165, 1.54) is 24.3 Å². The molecule has 0 radical (unpaired) electrons. The highest BCUT2D eigenvalue weighted by Crippen LogP contribution is 2.36. The Kier molecular flexibility index (Phi) is 7.39. The number of carbonyl (C=O) groups excluding carboxylic acids is 1. The smallest absolute Gasteiger partial charge is 0.297 e. The Morgan fingerprint density at radius 2 is 1.74 bits per heavy atom. The molecule has 8 nitrogen and oxygen atoms in total. The van der Waals surface area contributed by atoms with E-state index >= 15 is 0 Å². The first-order valence-electron chi connectivity index (χ1n) is 13.9. The summed E-state index contributed by atoms with van der Waals surface area (Å²) in [5.74, 6) is -1.46. The van der Waals surface area contributed by atoms with Crippen LogP contribution in [0, 0.1) is 18.6 Å². The SMILES string of the molecule is Cc1ccc(S(=O)(=O)OCCn2ccc3cc(C(=O)N4CCc5c(nn(C)c5-c5cc(F)cc(F)c5)C4C)ccc32)cc1. The van der Waals surface area contributed by atoms with Crippen LogP contribution in [-0.4, -0.2) is 46.7 Å². The highest BCUT2D eigenvalue weighted by molar-refractivity contribution is 7.86. The molecule has 11 heteroatoms. The molecule has 43 heavy (non-hydrogen) atoms. The molecule has 0 aliphatic carbocycles. The monoisotopic (exact) mass is 604 g/mol. The molecule has 2 aromatic heterocycles. The fourth-order valence-electron chi connectivity index (χ4n) is 5.79. The number of nitrogens with zero attached hydrogens (tertiary/aromatic N) is 4. The molecule has 3 aromatic carbocycles. The quantitative estimate of drug-likeness (QED) is 0.220. The van der Waals surface area contributed by atoms with Gasteiger partial charge in [0.05, 0.1) is 28.9 Å². The molecule has 1 amide bonds. The van der Waals surface area contributed by atoms with Crippen LogP contribution in [0.1, 0.15) is 40.1 Å². The number of amides is 1. The van der Waals surface area contributed by atoms with E-state index in [0.717, 1.165) is 28.1 Å². The van der Waals surface area contributed by atoms with Crippen LogP contribution in [0.4, 0.5) is 8.78 Å². The number of rotatable bonds is 7. The van der Waals surface area contributed by atoms with Gasteiger partial charge in [-0.15, -0.1) is 0 Å². The van der Waals surface area contributed by atoms with Crippen molar-refractivity contribution in [2.75, 3.05) is 13.2 Å². The van der Waals surface area contributed by atoms with Crippen molar-refractivity contribution < 1.29 is 26.2 Å². The molecular formula is C32H30F2N4O4S. The first kappa shape index (κ1) is 28.8. The number of fused-ring (bicyclic) bond motifs is 2. The van der Waals surface area contributed by atoms with Crippen LogP contribution in [0.2, 0.25) is 0 Å². The van der Waals surface area contributed by atoms with Crippen LogP contribution >= 0.6 is 0 Å². The van der Waals surface area contributed by atoms with E-state index in [9.17, 15) is 22.0 Å². The number of halogens is 2. The fraction of sp³-hybridized carbons (Fsp3) is 0.250. The van der Waals surface area contributed by atoms with Crippen LogP contribution in [0.15, 0.2) is 77.8 Å². The minimum atomic E-state index is -3.86. The third-order valence-electron chi connectivity index (χ3n) is 7.94. The number of hydrogen-bond donors (Lipinski definition) is 0. The second-order valence-corrected chi connectivity index (χ2v) is 12.4. The molecule has 0 bridgehead atoms. The van der Waals surface area contributed by atoms with E-state index < -0.39 is 21.8 Å². The highest BCUT2D eigenvalue weighted by Gasteiger charge is 2.33. The summed E-state index contributed by atoms with van der Waals surface area (Å²) in [5, 5.41) is 5.47. The molecule has 0 saturated carbocycles. The Hall–Kier alpha value is -4.35. The Labute approximate surface area is 248 Å². The normalized spacial score (nSPS) is 15.2. The van der Waals surface area contributed by atoms with Crippen molar-refractivity contribution in [3.05, 3.63) is 107 Å². The van der Waals surface area contributed by atoms with Gasteiger partial charge in [0.1, 0.15) is 11.6 Å². The molecule has 0 spiro atoms. The minimum absolute atomic E-state index is 0.0391. The first-order chi connectivity index (χ1) is 20.5. The summed E-state index contributed by atoms with van der Waals surface area (Å²) in [4.78, 5) is 15.5.